The van der Waals surface area contributed by atoms with Gasteiger partial charge in [-0.05, 0) is 47.4 Å². The minimum Gasteiger partial charge on any atom is -0.330 e. The maximum atomic E-state index is 13.0. The zero-order chi connectivity index (χ0) is 12.8. The Morgan fingerprint density at radius 2 is 2.18 bits per heavy atom. The maximum absolute atomic E-state index is 13.0. The first kappa shape index (κ1) is 14.4. The Hall–Kier alpha value is -0.650. The van der Waals surface area contributed by atoms with Gasteiger partial charge in [0.25, 0.3) is 0 Å². The van der Waals surface area contributed by atoms with E-state index in [4.69, 9.17) is 17.3 Å². The molecule has 1 rings (SSSR count). The molecule has 0 aliphatic rings. The molecule has 0 saturated heterocycles. The van der Waals surface area contributed by atoms with E-state index in [1.165, 1.54) is 6.07 Å². The Balaban J connectivity index is 2.65. The third-order valence-corrected chi connectivity index (χ3v) is 3.05. The highest BCUT2D eigenvalue weighted by Gasteiger charge is 2.11. The second-order valence-corrected chi connectivity index (χ2v) is 4.80. The van der Waals surface area contributed by atoms with Gasteiger partial charge in [0.15, 0.2) is 0 Å². The SMILES string of the molecule is NCCCCC(=O)Nc1c(Cl)cc(F)cc1Br. The molecule has 0 radical (unpaired) electrons. The number of unbranched alkanes of at least 4 members (excludes halogenated alkanes) is 1. The average Bonchev–Trinajstić information content (AvgIpc) is 2.24. The first-order valence-corrected chi connectivity index (χ1v) is 6.36. The number of nitrogens with two attached hydrogens (primary N) is 1. The van der Waals surface area contributed by atoms with Gasteiger partial charge in [-0.25, -0.2) is 4.39 Å². The van der Waals surface area contributed by atoms with Crippen molar-refractivity contribution in [3.8, 4) is 0 Å². The van der Waals surface area contributed by atoms with E-state index >= 15 is 0 Å². The van der Waals surface area contributed by atoms with Crippen molar-refractivity contribution in [2.75, 3.05) is 11.9 Å². The highest BCUT2D eigenvalue weighted by Crippen LogP contribution is 2.31. The Morgan fingerprint density at radius 3 is 2.76 bits per heavy atom. The summed E-state index contributed by atoms with van der Waals surface area (Å²) in [5.74, 6) is -0.615. The lowest BCUT2D eigenvalue weighted by molar-refractivity contribution is -0.116. The van der Waals surface area contributed by atoms with Crippen molar-refractivity contribution in [2.24, 2.45) is 5.73 Å². The summed E-state index contributed by atoms with van der Waals surface area (Å²) in [6.07, 6.45) is 1.89. The first-order valence-electron chi connectivity index (χ1n) is 5.19. The van der Waals surface area contributed by atoms with Crippen LogP contribution in [0.5, 0.6) is 0 Å². The quantitative estimate of drug-likeness (QED) is 0.817. The Bertz CT molecular complexity index is 391. The zero-order valence-electron chi connectivity index (χ0n) is 9.10. The molecule has 3 N–H and O–H groups in total. The second-order valence-electron chi connectivity index (χ2n) is 3.54. The number of carbonyl (C=O) groups is 1. The summed E-state index contributed by atoms with van der Waals surface area (Å²) >= 11 is 8.98. The second kappa shape index (κ2) is 6.93. The van der Waals surface area contributed by atoms with Crippen LogP contribution < -0.4 is 11.1 Å². The number of halogens is 3. The van der Waals surface area contributed by atoms with Crippen molar-refractivity contribution in [1.82, 2.24) is 0 Å². The molecule has 1 aromatic carbocycles. The van der Waals surface area contributed by atoms with Crippen LogP contribution in [0.25, 0.3) is 0 Å². The molecule has 6 heteroatoms. The maximum Gasteiger partial charge on any atom is 0.224 e. The molecule has 1 aromatic rings. The van der Waals surface area contributed by atoms with E-state index in [1.54, 1.807) is 0 Å². The number of anilines is 1. The predicted octanol–water partition coefficient (Wildman–Crippen LogP) is 3.31. The van der Waals surface area contributed by atoms with Gasteiger partial charge < -0.3 is 11.1 Å². The third-order valence-electron chi connectivity index (χ3n) is 2.13. The molecule has 0 heterocycles. The molecule has 0 unspecified atom stereocenters. The molecule has 1 amide bonds. The topological polar surface area (TPSA) is 55.1 Å². The van der Waals surface area contributed by atoms with Gasteiger partial charge in [0.2, 0.25) is 5.91 Å². The third kappa shape index (κ3) is 4.61. The highest BCUT2D eigenvalue weighted by molar-refractivity contribution is 9.10. The van der Waals surface area contributed by atoms with Crippen molar-refractivity contribution >= 4 is 39.1 Å². The summed E-state index contributed by atoms with van der Waals surface area (Å²) in [7, 11) is 0. The van der Waals surface area contributed by atoms with E-state index in [1.807, 2.05) is 0 Å². The number of hydrogen-bond donors (Lipinski definition) is 2. The van der Waals surface area contributed by atoms with E-state index in [-0.39, 0.29) is 10.9 Å². The van der Waals surface area contributed by atoms with Gasteiger partial charge in [-0.2, -0.15) is 0 Å². The van der Waals surface area contributed by atoms with E-state index in [2.05, 4.69) is 21.2 Å². The van der Waals surface area contributed by atoms with Crippen molar-refractivity contribution < 1.29 is 9.18 Å². The Labute approximate surface area is 113 Å². The van der Waals surface area contributed by atoms with Crippen molar-refractivity contribution in [2.45, 2.75) is 19.3 Å². The van der Waals surface area contributed by atoms with Crippen LogP contribution >= 0.6 is 27.5 Å². The fourth-order valence-electron chi connectivity index (χ4n) is 1.29. The van der Waals surface area contributed by atoms with Crippen LogP contribution in [0.2, 0.25) is 5.02 Å². The van der Waals surface area contributed by atoms with Crippen LogP contribution in [-0.2, 0) is 4.79 Å². The van der Waals surface area contributed by atoms with Crippen LogP contribution in [0.1, 0.15) is 19.3 Å². The highest BCUT2D eigenvalue weighted by atomic mass is 79.9. The van der Waals surface area contributed by atoms with Crippen LogP contribution in [0.4, 0.5) is 10.1 Å². The van der Waals surface area contributed by atoms with Gasteiger partial charge in [0, 0.05) is 10.9 Å². The van der Waals surface area contributed by atoms with Gasteiger partial charge in [-0.1, -0.05) is 11.6 Å². The molecule has 0 atom stereocenters. The number of benzene rings is 1. The zero-order valence-corrected chi connectivity index (χ0v) is 11.4. The number of hydrogen-bond acceptors (Lipinski definition) is 2. The minimum atomic E-state index is -0.456. The average molecular weight is 324 g/mol. The lowest BCUT2D eigenvalue weighted by Gasteiger charge is -2.09. The summed E-state index contributed by atoms with van der Waals surface area (Å²) in [6.45, 7) is 0.564. The van der Waals surface area contributed by atoms with Crippen molar-refractivity contribution in [1.29, 1.82) is 0 Å². The first-order chi connectivity index (χ1) is 8.04. The number of carbonyl (C=O) groups excluding carboxylic acids is 1. The smallest absolute Gasteiger partial charge is 0.224 e. The number of rotatable bonds is 5. The van der Waals surface area contributed by atoms with Crippen LogP contribution in [-0.4, -0.2) is 12.5 Å². The molecule has 94 valence electrons. The van der Waals surface area contributed by atoms with E-state index < -0.39 is 5.82 Å². The Kier molecular flexibility index (Phi) is 5.88. The van der Waals surface area contributed by atoms with Crippen molar-refractivity contribution in [3.63, 3.8) is 0 Å². The minimum absolute atomic E-state index is 0.160. The van der Waals surface area contributed by atoms with Crippen LogP contribution in [0.3, 0.4) is 0 Å². The lowest BCUT2D eigenvalue weighted by Crippen LogP contribution is -2.13. The standard InChI is InChI=1S/C11H13BrClFN2O/c12-8-5-7(14)6-9(13)11(8)16-10(17)3-1-2-4-15/h5-6H,1-4,15H2,(H,16,17). The number of amides is 1. The number of nitrogens with one attached hydrogen (secondary N) is 1. The monoisotopic (exact) mass is 322 g/mol. The molecular formula is C11H13BrClFN2O. The normalized spacial score (nSPS) is 10.4. The van der Waals surface area contributed by atoms with Gasteiger partial charge >= 0.3 is 0 Å². The molecule has 0 fully saturated rings. The van der Waals surface area contributed by atoms with E-state index in [9.17, 15) is 9.18 Å². The van der Waals surface area contributed by atoms with E-state index in [0.717, 1.165) is 18.9 Å². The summed E-state index contributed by atoms with van der Waals surface area (Å²) in [6, 6.07) is 2.41. The summed E-state index contributed by atoms with van der Waals surface area (Å²) < 4.78 is 13.4. The summed E-state index contributed by atoms with van der Waals surface area (Å²) in [5, 5.41) is 2.81. The van der Waals surface area contributed by atoms with Gasteiger partial charge in [-0.15, -0.1) is 0 Å². The summed E-state index contributed by atoms with van der Waals surface area (Å²) in [5.41, 5.74) is 5.72. The predicted molar refractivity (Wildman–Crippen MR) is 70.6 cm³/mol. The molecule has 0 aliphatic carbocycles. The molecule has 0 saturated carbocycles. The fraction of sp³-hybridized carbons (Fsp3) is 0.364. The largest absolute Gasteiger partial charge is 0.330 e. The molecule has 17 heavy (non-hydrogen) atoms. The molecule has 0 aromatic heterocycles. The van der Waals surface area contributed by atoms with Gasteiger partial charge in [0.05, 0.1) is 10.7 Å². The van der Waals surface area contributed by atoms with Gasteiger partial charge in [-0.3, -0.25) is 4.79 Å². The summed E-state index contributed by atoms with van der Waals surface area (Å²) in [4.78, 5) is 11.6. The van der Waals surface area contributed by atoms with E-state index in [0.29, 0.717) is 23.1 Å². The van der Waals surface area contributed by atoms with Crippen LogP contribution in [0.15, 0.2) is 16.6 Å². The molecule has 0 spiro atoms. The molecule has 0 aliphatic heterocycles. The van der Waals surface area contributed by atoms with Gasteiger partial charge in [0.1, 0.15) is 5.82 Å². The molecular weight excluding hydrogens is 310 g/mol. The van der Waals surface area contributed by atoms with Crippen molar-refractivity contribution in [3.05, 3.63) is 27.4 Å². The van der Waals surface area contributed by atoms with Crippen LogP contribution in [0, 0.1) is 5.82 Å². The lowest BCUT2D eigenvalue weighted by atomic mass is 10.2. The fourth-order valence-corrected chi connectivity index (χ4v) is 2.19. The molecule has 0 bridgehead atoms. The Morgan fingerprint density at radius 1 is 1.47 bits per heavy atom. The molecule has 3 nitrogen and oxygen atoms in total.